The van der Waals surface area contributed by atoms with Crippen molar-refractivity contribution in [3.63, 3.8) is 0 Å². The third kappa shape index (κ3) is 8.98. The van der Waals surface area contributed by atoms with Crippen molar-refractivity contribution in [3.05, 3.63) is 64.2 Å². The van der Waals surface area contributed by atoms with E-state index in [0.717, 1.165) is 29.8 Å². The average molecular weight is 617 g/mol. The van der Waals surface area contributed by atoms with Gasteiger partial charge in [0.15, 0.2) is 8.32 Å². The Bertz CT molecular complexity index is 1250. The van der Waals surface area contributed by atoms with Crippen LogP contribution >= 0.6 is 11.6 Å². The van der Waals surface area contributed by atoms with Crippen molar-refractivity contribution in [2.75, 3.05) is 31.6 Å². The highest BCUT2D eigenvalue weighted by Gasteiger charge is 2.41. The summed E-state index contributed by atoms with van der Waals surface area (Å²) in [4.78, 5) is 29.7. The molecular formula is C33H49ClN2O5Si. The third-order valence-electron chi connectivity index (χ3n) is 8.18. The number of amides is 1. The van der Waals surface area contributed by atoms with Crippen molar-refractivity contribution in [1.29, 1.82) is 0 Å². The first-order valence-corrected chi connectivity index (χ1v) is 18.1. The molecule has 7 nitrogen and oxygen atoms in total. The van der Waals surface area contributed by atoms with Crippen molar-refractivity contribution < 1.29 is 23.5 Å². The third-order valence-corrected chi connectivity index (χ3v) is 12.9. The minimum absolute atomic E-state index is 0.0157. The van der Waals surface area contributed by atoms with Gasteiger partial charge in [-0.25, -0.2) is 4.79 Å². The zero-order valence-electron chi connectivity index (χ0n) is 27.0. The van der Waals surface area contributed by atoms with Gasteiger partial charge in [0.05, 0.1) is 26.2 Å². The number of fused-ring (bicyclic) bond motifs is 1. The lowest BCUT2D eigenvalue weighted by Gasteiger charge is -2.42. The lowest BCUT2D eigenvalue weighted by Crippen LogP contribution is -2.50. The van der Waals surface area contributed by atoms with Crippen LogP contribution in [0.4, 0.5) is 10.5 Å². The molecule has 232 valence electrons. The van der Waals surface area contributed by atoms with Gasteiger partial charge in [0, 0.05) is 29.8 Å². The van der Waals surface area contributed by atoms with Gasteiger partial charge < -0.3 is 23.7 Å². The van der Waals surface area contributed by atoms with Crippen molar-refractivity contribution in [2.45, 2.75) is 97.2 Å². The lowest BCUT2D eigenvalue weighted by molar-refractivity contribution is -0.139. The maximum atomic E-state index is 13.8. The minimum Gasteiger partial charge on any atom is -0.469 e. The molecule has 1 aliphatic rings. The summed E-state index contributed by atoms with van der Waals surface area (Å²) < 4.78 is 17.7. The molecule has 3 rings (SSSR count). The Labute approximate surface area is 258 Å². The molecule has 0 saturated heterocycles. The SMILES string of the molecule is COC(=O)Cc1ccc2c(c1)CCN2C[C@@H](C)N(C[C@H](O[Si](C)(C)C(C)(C)C)c1cccc(Cl)c1)C(=O)OC(C)(C)C. The number of hydrogen-bond acceptors (Lipinski definition) is 6. The second kappa shape index (κ2) is 13.4. The standard InChI is InChI=1S/C33H49ClN2O5Si/c1-23(21-35-17-16-25-18-24(14-15-28(25)35)19-30(37)39-8)36(31(38)40-32(2,3)4)22-29(26-12-11-13-27(34)20-26)41-42(9,10)33(5,6)7/h11-15,18,20,23,29H,16-17,19,21-22H2,1-10H3/t23-,29+/m1/s1. The number of halogens is 1. The first-order valence-electron chi connectivity index (χ1n) is 14.8. The number of rotatable bonds is 10. The summed E-state index contributed by atoms with van der Waals surface area (Å²) >= 11 is 6.43. The predicted octanol–water partition coefficient (Wildman–Crippen LogP) is 7.81. The molecule has 0 spiro atoms. The van der Waals surface area contributed by atoms with Crippen molar-refractivity contribution >= 4 is 37.7 Å². The number of esters is 1. The molecule has 0 fully saturated rings. The van der Waals surface area contributed by atoms with Crippen molar-refractivity contribution in [2.24, 2.45) is 0 Å². The second-order valence-corrected chi connectivity index (χ2v) is 19.0. The van der Waals surface area contributed by atoms with Crippen LogP contribution in [0.5, 0.6) is 0 Å². The predicted molar refractivity (Wildman–Crippen MR) is 173 cm³/mol. The van der Waals surface area contributed by atoms with Gasteiger partial charge in [0.2, 0.25) is 0 Å². The van der Waals surface area contributed by atoms with Gasteiger partial charge in [-0.05, 0) is 87.1 Å². The molecule has 0 aliphatic carbocycles. The molecule has 0 bridgehead atoms. The van der Waals surface area contributed by atoms with E-state index < -0.39 is 13.9 Å². The minimum atomic E-state index is -2.22. The number of carbonyl (C=O) groups is 2. The molecule has 42 heavy (non-hydrogen) atoms. The first-order chi connectivity index (χ1) is 19.4. The van der Waals surface area contributed by atoms with Crippen molar-refractivity contribution in [1.82, 2.24) is 4.90 Å². The molecule has 0 radical (unpaired) electrons. The van der Waals surface area contributed by atoms with Gasteiger partial charge in [-0.2, -0.15) is 0 Å². The van der Waals surface area contributed by atoms with Crippen molar-refractivity contribution in [3.8, 4) is 0 Å². The molecule has 9 heteroatoms. The fraction of sp³-hybridized carbons (Fsp3) is 0.576. The zero-order chi connectivity index (χ0) is 31.5. The Morgan fingerprint density at radius 1 is 1.07 bits per heavy atom. The zero-order valence-corrected chi connectivity index (χ0v) is 28.8. The summed E-state index contributed by atoms with van der Waals surface area (Å²) in [5.74, 6) is -0.249. The Morgan fingerprint density at radius 3 is 2.36 bits per heavy atom. The number of carbonyl (C=O) groups excluding carboxylic acids is 2. The van der Waals surface area contributed by atoms with Crippen LogP contribution in [-0.4, -0.2) is 63.7 Å². The number of ether oxygens (including phenoxy) is 2. The molecule has 0 unspecified atom stereocenters. The normalized spacial score (nSPS) is 15.2. The van der Waals surface area contributed by atoms with E-state index in [0.29, 0.717) is 18.1 Å². The van der Waals surface area contributed by atoms with E-state index in [1.165, 1.54) is 12.7 Å². The van der Waals surface area contributed by atoms with Gasteiger partial charge in [-0.15, -0.1) is 0 Å². The van der Waals surface area contributed by atoms with Gasteiger partial charge in [-0.3, -0.25) is 4.79 Å². The molecular weight excluding hydrogens is 568 g/mol. The van der Waals surface area contributed by atoms with E-state index in [2.05, 4.69) is 57.8 Å². The lowest BCUT2D eigenvalue weighted by atomic mass is 10.1. The molecule has 1 amide bonds. The number of nitrogens with zero attached hydrogens (tertiary/aromatic N) is 2. The van der Waals surface area contributed by atoms with Gasteiger partial charge >= 0.3 is 12.1 Å². The number of anilines is 1. The highest BCUT2D eigenvalue weighted by molar-refractivity contribution is 6.74. The average Bonchev–Trinajstić information content (AvgIpc) is 3.26. The van der Waals surface area contributed by atoms with E-state index in [4.69, 9.17) is 25.5 Å². The highest BCUT2D eigenvalue weighted by Crippen LogP contribution is 2.40. The van der Waals surface area contributed by atoms with E-state index >= 15 is 0 Å². The van der Waals surface area contributed by atoms with Crippen LogP contribution in [0.1, 0.15) is 71.3 Å². The van der Waals surface area contributed by atoms with Crippen LogP contribution in [0.3, 0.4) is 0 Å². The fourth-order valence-electron chi connectivity index (χ4n) is 4.86. The van der Waals surface area contributed by atoms with Crippen LogP contribution in [0, 0.1) is 0 Å². The second-order valence-electron chi connectivity index (χ2n) is 13.8. The van der Waals surface area contributed by atoms with E-state index in [1.54, 1.807) is 0 Å². The molecule has 0 saturated carbocycles. The molecule has 2 aromatic rings. The van der Waals surface area contributed by atoms with Crippen LogP contribution in [0.2, 0.25) is 23.2 Å². The molecule has 2 aromatic carbocycles. The van der Waals surface area contributed by atoms with Crippen LogP contribution in [0.15, 0.2) is 42.5 Å². The molecule has 1 heterocycles. The van der Waals surface area contributed by atoms with E-state index in [9.17, 15) is 9.59 Å². The smallest absolute Gasteiger partial charge is 0.410 e. The van der Waals surface area contributed by atoms with Gasteiger partial charge in [0.1, 0.15) is 5.60 Å². The summed E-state index contributed by atoms with van der Waals surface area (Å²) in [6.07, 6.45) is 0.398. The largest absolute Gasteiger partial charge is 0.469 e. The first kappa shape index (κ1) is 33.9. The summed E-state index contributed by atoms with van der Waals surface area (Å²) in [6, 6.07) is 13.7. The number of methoxy groups -OCH3 is 1. The number of benzene rings is 2. The van der Waals surface area contributed by atoms with Crippen LogP contribution in [-0.2, 0) is 31.5 Å². The Morgan fingerprint density at radius 2 is 1.76 bits per heavy atom. The summed E-state index contributed by atoms with van der Waals surface area (Å²) in [6.45, 7) is 20.6. The summed E-state index contributed by atoms with van der Waals surface area (Å²) in [5.41, 5.74) is 3.57. The van der Waals surface area contributed by atoms with E-state index in [1.807, 2.05) is 56.0 Å². The Balaban J connectivity index is 1.91. The molecule has 0 N–H and O–H groups in total. The summed E-state index contributed by atoms with van der Waals surface area (Å²) in [5, 5.41) is 0.617. The van der Waals surface area contributed by atoms with Gasteiger partial charge in [0.25, 0.3) is 0 Å². The fourth-order valence-corrected chi connectivity index (χ4v) is 6.34. The maximum Gasteiger partial charge on any atom is 0.410 e. The topological polar surface area (TPSA) is 68.3 Å². The highest BCUT2D eigenvalue weighted by atomic mass is 35.5. The monoisotopic (exact) mass is 616 g/mol. The quantitative estimate of drug-likeness (QED) is 0.200. The maximum absolute atomic E-state index is 13.8. The molecule has 0 aromatic heterocycles. The van der Waals surface area contributed by atoms with Gasteiger partial charge in [-0.1, -0.05) is 56.6 Å². The summed E-state index contributed by atoms with van der Waals surface area (Å²) in [7, 11) is -0.814. The molecule has 1 aliphatic heterocycles. The van der Waals surface area contributed by atoms with Crippen LogP contribution in [0.25, 0.3) is 0 Å². The van der Waals surface area contributed by atoms with Crippen LogP contribution < -0.4 is 4.90 Å². The Hall–Kier alpha value is -2.55. The van der Waals surface area contributed by atoms with E-state index in [-0.39, 0.29) is 35.7 Å². The molecule has 2 atom stereocenters. The Kier molecular flexibility index (Phi) is 10.8. The number of hydrogen-bond donors (Lipinski definition) is 0.